The van der Waals surface area contributed by atoms with Gasteiger partial charge in [0.15, 0.2) is 0 Å². The highest BCUT2D eigenvalue weighted by molar-refractivity contribution is 7.89. The van der Waals surface area contributed by atoms with Crippen molar-refractivity contribution in [1.29, 1.82) is 0 Å². The van der Waals surface area contributed by atoms with Gasteiger partial charge in [0.1, 0.15) is 0 Å². The van der Waals surface area contributed by atoms with E-state index in [4.69, 9.17) is 0 Å². The van der Waals surface area contributed by atoms with Gasteiger partial charge in [-0.15, -0.1) is 0 Å². The van der Waals surface area contributed by atoms with Crippen LogP contribution >= 0.6 is 0 Å². The number of nitrogens with one attached hydrogen (secondary N) is 2. The third-order valence-corrected chi connectivity index (χ3v) is 5.51. The van der Waals surface area contributed by atoms with Crippen molar-refractivity contribution in [1.82, 2.24) is 10.0 Å². The second kappa shape index (κ2) is 7.46. The molecule has 4 nitrogen and oxygen atoms in total. The van der Waals surface area contributed by atoms with E-state index in [1.165, 1.54) is 25.7 Å². The summed E-state index contributed by atoms with van der Waals surface area (Å²) in [7, 11) is -3.09. The van der Waals surface area contributed by atoms with Crippen LogP contribution in [-0.4, -0.2) is 33.8 Å². The molecule has 0 aromatic heterocycles. The highest BCUT2D eigenvalue weighted by Gasteiger charge is 2.32. The summed E-state index contributed by atoms with van der Waals surface area (Å²) in [5.41, 5.74) is 0.231. The van der Waals surface area contributed by atoms with Crippen molar-refractivity contribution < 1.29 is 8.42 Å². The first-order valence-electron chi connectivity index (χ1n) is 7.22. The van der Waals surface area contributed by atoms with E-state index in [1.54, 1.807) is 0 Å². The molecule has 0 aromatic rings. The fraction of sp³-hybridized carbons (Fsp3) is 1.00. The Bertz CT molecular complexity index is 322. The van der Waals surface area contributed by atoms with Gasteiger partial charge in [-0.25, -0.2) is 13.1 Å². The third-order valence-electron chi connectivity index (χ3n) is 4.10. The Labute approximate surface area is 112 Å². The lowest BCUT2D eigenvalue weighted by molar-refractivity contribution is 0.285. The van der Waals surface area contributed by atoms with Crippen molar-refractivity contribution in [2.24, 2.45) is 5.41 Å². The van der Waals surface area contributed by atoms with Crippen molar-refractivity contribution in [2.45, 2.75) is 52.4 Å². The summed E-state index contributed by atoms with van der Waals surface area (Å²) in [6, 6.07) is 0. The van der Waals surface area contributed by atoms with Crippen molar-refractivity contribution in [3.8, 4) is 0 Å². The van der Waals surface area contributed by atoms with Crippen LogP contribution in [0.15, 0.2) is 0 Å². The molecule has 0 atom stereocenters. The van der Waals surface area contributed by atoms with Crippen LogP contribution in [0.1, 0.15) is 52.4 Å². The van der Waals surface area contributed by atoms with Gasteiger partial charge in [0.25, 0.3) is 0 Å². The van der Waals surface area contributed by atoms with E-state index >= 15 is 0 Å². The van der Waals surface area contributed by atoms with Crippen LogP contribution < -0.4 is 10.0 Å². The zero-order valence-corrected chi connectivity index (χ0v) is 12.6. The average molecular weight is 276 g/mol. The van der Waals surface area contributed by atoms with E-state index in [9.17, 15) is 8.42 Å². The second-order valence-electron chi connectivity index (χ2n) is 5.41. The van der Waals surface area contributed by atoms with Crippen LogP contribution in [0.2, 0.25) is 0 Å². The van der Waals surface area contributed by atoms with E-state index in [0.29, 0.717) is 13.0 Å². The summed E-state index contributed by atoms with van der Waals surface area (Å²) >= 11 is 0. The molecule has 0 heterocycles. The van der Waals surface area contributed by atoms with E-state index in [1.807, 2.05) is 6.92 Å². The molecule has 108 valence electrons. The number of hydrogen-bond donors (Lipinski definition) is 2. The minimum Gasteiger partial charge on any atom is -0.317 e. The molecule has 0 saturated heterocycles. The highest BCUT2D eigenvalue weighted by atomic mass is 32.2. The molecular weight excluding hydrogens is 248 g/mol. The smallest absolute Gasteiger partial charge is 0.211 e. The summed E-state index contributed by atoms with van der Waals surface area (Å²) in [6.45, 7) is 6.50. The maximum absolute atomic E-state index is 11.9. The van der Waals surface area contributed by atoms with Gasteiger partial charge in [0.2, 0.25) is 10.0 Å². The van der Waals surface area contributed by atoms with Gasteiger partial charge in [-0.2, -0.15) is 0 Å². The van der Waals surface area contributed by atoms with Crippen LogP contribution in [0.25, 0.3) is 0 Å². The van der Waals surface area contributed by atoms with Crippen LogP contribution in [0.5, 0.6) is 0 Å². The predicted octanol–water partition coefficient (Wildman–Crippen LogP) is 1.88. The van der Waals surface area contributed by atoms with Gasteiger partial charge in [-0.05, 0) is 44.2 Å². The maximum Gasteiger partial charge on any atom is 0.211 e. The van der Waals surface area contributed by atoms with Crippen molar-refractivity contribution in [3.63, 3.8) is 0 Å². The zero-order chi connectivity index (χ0) is 13.5. The Morgan fingerprint density at radius 1 is 1.17 bits per heavy atom. The predicted molar refractivity (Wildman–Crippen MR) is 76.1 cm³/mol. The standard InChI is InChI=1S/C13H28N2O2S/c1-3-13(8-5-6-9-13)12-15-18(16,17)11-7-10-14-4-2/h14-15H,3-12H2,1-2H3. The van der Waals surface area contributed by atoms with E-state index < -0.39 is 10.0 Å². The average Bonchev–Trinajstić information content (AvgIpc) is 2.82. The van der Waals surface area contributed by atoms with Crippen LogP contribution in [0.3, 0.4) is 0 Å². The first-order chi connectivity index (χ1) is 8.54. The molecule has 0 aromatic carbocycles. The van der Waals surface area contributed by atoms with Gasteiger partial charge in [-0.3, -0.25) is 0 Å². The number of sulfonamides is 1. The Hall–Kier alpha value is -0.130. The Kier molecular flexibility index (Phi) is 6.60. The number of rotatable bonds is 9. The molecule has 5 heteroatoms. The minimum absolute atomic E-state index is 0.231. The molecule has 0 amide bonds. The molecule has 0 bridgehead atoms. The third kappa shape index (κ3) is 5.24. The summed E-state index contributed by atoms with van der Waals surface area (Å²) in [5.74, 6) is 0.236. The molecule has 0 aliphatic heterocycles. The Morgan fingerprint density at radius 2 is 1.83 bits per heavy atom. The largest absolute Gasteiger partial charge is 0.317 e. The summed E-state index contributed by atoms with van der Waals surface area (Å²) in [4.78, 5) is 0. The van der Waals surface area contributed by atoms with Gasteiger partial charge in [0, 0.05) is 6.54 Å². The fourth-order valence-corrected chi connectivity index (χ4v) is 3.87. The van der Waals surface area contributed by atoms with Crippen LogP contribution in [-0.2, 0) is 10.0 Å². The van der Waals surface area contributed by atoms with E-state index in [2.05, 4.69) is 17.0 Å². The normalized spacial score (nSPS) is 19.2. The number of hydrogen-bond acceptors (Lipinski definition) is 3. The highest BCUT2D eigenvalue weighted by Crippen LogP contribution is 2.40. The van der Waals surface area contributed by atoms with Gasteiger partial charge in [0.05, 0.1) is 5.75 Å². The second-order valence-corrected chi connectivity index (χ2v) is 7.33. The first-order valence-corrected chi connectivity index (χ1v) is 8.87. The Balaban J connectivity index is 2.31. The first kappa shape index (κ1) is 15.9. The van der Waals surface area contributed by atoms with Crippen molar-refractivity contribution in [2.75, 3.05) is 25.4 Å². The van der Waals surface area contributed by atoms with Crippen LogP contribution in [0.4, 0.5) is 0 Å². The molecular formula is C13H28N2O2S. The quantitative estimate of drug-likeness (QED) is 0.632. The van der Waals surface area contributed by atoms with E-state index in [-0.39, 0.29) is 11.2 Å². The molecule has 1 rings (SSSR count). The summed E-state index contributed by atoms with van der Waals surface area (Å²) < 4.78 is 26.6. The summed E-state index contributed by atoms with van der Waals surface area (Å²) in [5, 5.41) is 3.14. The minimum atomic E-state index is -3.09. The maximum atomic E-state index is 11.9. The molecule has 1 aliphatic rings. The van der Waals surface area contributed by atoms with Crippen molar-refractivity contribution in [3.05, 3.63) is 0 Å². The lowest BCUT2D eigenvalue weighted by Gasteiger charge is -2.27. The lowest BCUT2D eigenvalue weighted by atomic mass is 9.84. The SMILES string of the molecule is CCNCCCS(=O)(=O)NCC1(CC)CCCC1. The van der Waals surface area contributed by atoms with Gasteiger partial charge in [-0.1, -0.05) is 26.7 Å². The summed E-state index contributed by atoms with van der Waals surface area (Å²) in [6.07, 6.45) is 6.59. The molecule has 1 aliphatic carbocycles. The topological polar surface area (TPSA) is 58.2 Å². The monoisotopic (exact) mass is 276 g/mol. The molecule has 2 N–H and O–H groups in total. The van der Waals surface area contributed by atoms with Crippen molar-refractivity contribution >= 4 is 10.0 Å². The molecule has 0 radical (unpaired) electrons. The molecule has 18 heavy (non-hydrogen) atoms. The van der Waals surface area contributed by atoms with Crippen LogP contribution in [0, 0.1) is 5.41 Å². The molecule has 0 unspecified atom stereocenters. The van der Waals surface area contributed by atoms with Gasteiger partial charge >= 0.3 is 0 Å². The van der Waals surface area contributed by atoms with Gasteiger partial charge < -0.3 is 5.32 Å². The Morgan fingerprint density at radius 3 is 2.39 bits per heavy atom. The fourth-order valence-electron chi connectivity index (χ4n) is 2.68. The molecule has 1 fully saturated rings. The molecule has 0 spiro atoms. The zero-order valence-electron chi connectivity index (χ0n) is 11.8. The molecule has 1 saturated carbocycles. The van der Waals surface area contributed by atoms with E-state index in [0.717, 1.165) is 19.5 Å². The lowest BCUT2D eigenvalue weighted by Crippen LogP contribution is -2.37.